The van der Waals surface area contributed by atoms with Crippen LogP contribution in [0.15, 0.2) is 41.2 Å². The van der Waals surface area contributed by atoms with Gasteiger partial charge in [-0.25, -0.2) is 4.68 Å². The molecule has 0 radical (unpaired) electrons. The summed E-state index contributed by atoms with van der Waals surface area (Å²) in [7, 11) is 0. The molecule has 0 amide bonds. The van der Waals surface area contributed by atoms with E-state index in [1.807, 2.05) is 25.1 Å². The fourth-order valence-electron chi connectivity index (χ4n) is 3.75. The summed E-state index contributed by atoms with van der Waals surface area (Å²) in [6.45, 7) is 4.42. The van der Waals surface area contributed by atoms with Crippen LogP contribution in [0.25, 0.3) is 10.8 Å². The first kappa shape index (κ1) is 15.5. The van der Waals surface area contributed by atoms with E-state index in [4.69, 9.17) is 0 Å². The number of aromatic nitrogens is 4. The van der Waals surface area contributed by atoms with Gasteiger partial charge in [0.2, 0.25) is 0 Å². The smallest absolute Gasteiger partial charge is 0.266 e. The summed E-state index contributed by atoms with van der Waals surface area (Å²) >= 11 is 0. The maximum Gasteiger partial charge on any atom is 0.266 e. The molecule has 0 spiro atoms. The summed E-state index contributed by atoms with van der Waals surface area (Å²) in [5.74, 6) is 1.92. The Labute approximate surface area is 151 Å². The molecule has 0 N–H and O–H groups in total. The van der Waals surface area contributed by atoms with Crippen LogP contribution < -0.4 is 10.5 Å². The molecule has 2 fully saturated rings. The van der Waals surface area contributed by atoms with Crippen molar-refractivity contribution in [1.29, 1.82) is 0 Å². The predicted molar refractivity (Wildman–Crippen MR) is 100 cm³/mol. The number of benzene rings is 1. The molecule has 1 aromatic carbocycles. The van der Waals surface area contributed by atoms with Crippen molar-refractivity contribution in [2.75, 3.05) is 18.0 Å². The molecular weight excluding hydrogens is 326 g/mol. The third-order valence-electron chi connectivity index (χ3n) is 5.42. The zero-order chi connectivity index (χ0) is 17.7. The van der Waals surface area contributed by atoms with Gasteiger partial charge in [0.15, 0.2) is 5.82 Å². The molecule has 3 heterocycles. The van der Waals surface area contributed by atoms with Crippen molar-refractivity contribution in [3.05, 3.63) is 58.1 Å². The van der Waals surface area contributed by atoms with Gasteiger partial charge in [0.05, 0.1) is 17.9 Å². The monoisotopic (exact) mass is 347 g/mol. The quantitative estimate of drug-likeness (QED) is 0.726. The highest BCUT2D eigenvalue weighted by atomic mass is 16.1. The predicted octanol–water partition coefficient (Wildman–Crippen LogP) is 2.51. The molecule has 6 nitrogen and oxygen atoms in total. The minimum absolute atomic E-state index is 0.00609. The topological polar surface area (TPSA) is 63.9 Å². The van der Waals surface area contributed by atoms with E-state index in [9.17, 15) is 4.79 Å². The summed E-state index contributed by atoms with van der Waals surface area (Å²) in [6, 6.07) is 11.8. The van der Waals surface area contributed by atoms with Crippen molar-refractivity contribution >= 4 is 16.6 Å². The summed E-state index contributed by atoms with van der Waals surface area (Å²) < 4.78 is 1.65. The average Bonchev–Trinajstić information content (AvgIpc) is 3.46. The van der Waals surface area contributed by atoms with E-state index < -0.39 is 0 Å². The molecule has 26 heavy (non-hydrogen) atoms. The summed E-state index contributed by atoms with van der Waals surface area (Å²) in [5, 5.41) is 15.6. The van der Waals surface area contributed by atoms with E-state index >= 15 is 0 Å². The van der Waals surface area contributed by atoms with Gasteiger partial charge in [0.1, 0.15) is 0 Å². The number of aryl methyl sites for hydroxylation is 1. The lowest BCUT2D eigenvalue weighted by Gasteiger charge is -2.40. The average molecular weight is 347 g/mol. The van der Waals surface area contributed by atoms with E-state index in [0.29, 0.717) is 18.4 Å². The molecule has 6 heteroatoms. The molecule has 1 aliphatic heterocycles. The number of rotatable bonds is 4. The van der Waals surface area contributed by atoms with Gasteiger partial charge in [0.25, 0.3) is 5.56 Å². The van der Waals surface area contributed by atoms with Crippen LogP contribution in [0.4, 0.5) is 5.82 Å². The lowest BCUT2D eigenvalue weighted by molar-refractivity contribution is 0.331. The van der Waals surface area contributed by atoms with Gasteiger partial charge in [-0.15, -0.1) is 5.10 Å². The van der Waals surface area contributed by atoms with Crippen molar-refractivity contribution in [2.45, 2.75) is 32.2 Å². The molecule has 5 rings (SSSR count). The van der Waals surface area contributed by atoms with Crippen molar-refractivity contribution in [3.8, 4) is 0 Å². The Morgan fingerprint density at radius 1 is 1.04 bits per heavy atom. The van der Waals surface area contributed by atoms with Crippen LogP contribution in [0, 0.1) is 12.8 Å². The fraction of sp³-hybridized carbons (Fsp3) is 0.400. The first-order chi connectivity index (χ1) is 12.7. The first-order valence-corrected chi connectivity index (χ1v) is 9.24. The third-order valence-corrected chi connectivity index (χ3v) is 5.42. The number of nitrogens with zero attached hydrogens (tertiary/aromatic N) is 5. The van der Waals surface area contributed by atoms with E-state index in [1.54, 1.807) is 10.7 Å². The van der Waals surface area contributed by atoms with E-state index in [2.05, 4.69) is 32.3 Å². The van der Waals surface area contributed by atoms with Gasteiger partial charge in [-0.3, -0.25) is 4.79 Å². The van der Waals surface area contributed by atoms with Crippen LogP contribution in [-0.4, -0.2) is 33.1 Å². The lowest BCUT2D eigenvalue weighted by Crippen LogP contribution is -2.50. The molecule has 1 saturated heterocycles. The number of hydrogen-bond acceptors (Lipinski definition) is 5. The third kappa shape index (κ3) is 2.66. The van der Waals surface area contributed by atoms with Crippen LogP contribution >= 0.6 is 0 Å². The Kier molecular flexibility index (Phi) is 3.51. The van der Waals surface area contributed by atoms with E-state index in [-0.39, 0.29) is 5.56 Å². The van der Waals surface area contributed by atoms with Crippen LogP contribution in [0.1, 0.15) is 30.1 Å². The second-order valence-electron chi connectivity index (χ2n) is 7.48. The Balaban J connectivity index is 1.33. The van der Waals surface area contributed by atoms with E-state index in [0.717, 1.165) is 41.1 Å². The lowest BCUT2D eigenvalue weighted by atomic mass is 9.99. The highest BCUT2D eigenvalue weighted by Crippen LogP contribution is 2.38. The van der Waals surface area contributed by atoms with Gasteiger partial charge in [0, 0.05) is 41.8 Å². The maximum atomic E-state index is 12.1. The second-order valence-corrected chi connectivity index (χ2v) is 7.48. The minimum Gasteiger partial charge on any atom is -0.354 e. The second kappa shape index (κ2) is 5.90. The highest BCUT2D eigenvalue weighted by Gasteiger charge is 2.31. The Morgan fingerprint density at radius 3 is 2.58 bits per heavy atom. The molecular formula is C20H21N5O. The van der Waals surface area contributed by atoms with Crippen molar-refractivity contribution < 1.29 is 0 Å². The highest BCUT2D eigenvalue weighted by molar-refractivity contribution is 5.93. The molecule has 2 aliphatic rings. The van der Waals surface area contributed by atoms with Crippen LogP contribution in [0.2, 0.25) is 0 Å². The molecule has 0 bridgehead atoms. The zero-order valence-electron chi connectivity index (χ0n) is 14.8. The largest absolute Gasteiger partial charge is 0.354 e. The van der Waals surface area contributed by atoms with Crippen molar-refractivity contribution in [1.82, 2.24) is 20.0 Å². The molecule has 1 aliphatic carbocycles. The van der Waals surface area contributed by atoms with Crippen LogP contribution in [0.5, 0.6) is 0 Å². The summed E-state index contributed by atoms with van der Waals surface area (Å²) in [5.41, 5.74) is 2.01. The number of anilines is 1. The fourth-order valence-corrected chi connectivity index (χ4v) is 3.75. The molecule has 0 unspecified atom stereocenters. The number of fused-ring (bicyclic) bond motifs is 1. The van der Waals surface area contributed by atoms with Crippen LogP contribution in [0.3, 0.4) is 0 Å². The van der Waals surface area contributed by atoms with Gasteiger partial charge < -0.3 is 4.90 Å². The summed E-state index contributed by atoms with van der Waals surface area (Å²) in [6.07, 6.45) is 2.39. The minimum atomic E-state index is -0.00609. The standard InChI is InChI=1S/C20H21N5O/c1-13-16-4-2-3-5-17(16)20(22-21-13)24-10-14(11-24)12-25-19(26)9-8-18(23-25)15-6-7-15/h2-5,8-9,14-15H,6-7,10-12H2,1H3. The molecule has 3 aromatic rings. The normalized spacial score (nSPS) is 17.5. The van der Waals surface area contributed by atoms with E-state index in [1.165, 1.54) is 12.8 Å². The Morgan fingerprint density at radius 2 is 1.81 bits per heavy atom. The first-order valence-electron chi connectivity index (χ1n) is 9.24. The Bertz CT molecular complexity index is 1030. The van der Waals surface area contributed by atoms with Gasteiger partial charge in [-0.05, 0) is 25.8 Å². The SMILES string of the molecule is Cc1nnc(N2CC(Cn3nc(C4CC4)ccc3=O)C2)c2ccccc12. The maximum absolute atomic E-state index is 12.1. The molecule has 2 aromatic heterocycles. The zero-order valence-corrected chi connectivity index (χ0v) is 14.8. The molecule has 1 saturated carbocycles. The summed E-state index contributed by atoms with van der Waals surface area (Å²) in [4.78, 5) is 14.4. The number of hydrogen-bond donors (Lipinski definition) is 0. The Hall–Kier alpha value is -2.76. The molecule has 132 valence electrons. The van der Waals surface area contributed by atoms with Crippen LogP contribution in [-0.2, 0) is 6.54 Å². The van der Waals surface area contributed by atoms with Gasteiger partial charge in [-0.1, -0.05) is 24.3 Å². The molecule has 0 atom stereocenters. The van der Waals surface area contributed by atoms with Crippen molar-refractivity contribution in [2.24, 2.45) is 5.92 Å². The van der Waals surface area contributed by atoms with Gasteiger partial charge in [-0.2, -0.15) is 10.2 Å². The van der Waals surface area contributed by atoms with Crippen molar-refractivity contribution in [3.63, 3.8) is 0 Å². The van der Waals surface area contributed by atoms with Gasteiger partial charge >= 0.3 is 0 Å².